The highest BCUT2D eigenvalue weighted by Gasteiger charge is 2.03. The van der Waals surface area contributed by atoms with E-state index in [1.165, 1.54) is 0 Å². The standard InChI is InChI=1S/C8H8N4.C7H6N2/c9-8-6(5-11-12-8)7-3-1-2-4-10-7;8-5-4-7-3-1-2-6-9-7/h1-5H,(H3,9,11,12);1-3,6H,4H2. The number of nitrogen functional groups attached to an aromatic ring is 1. The first-order valence-electron chi connectivity index (χ1n) is 6.28. The molecule has 0 atom stereocenters. The second-order valence-corrected chi connectivity index (χ2v) is 4.07. The van der Waals surface area contributed by atoms with E-state index in [0.717, 1.165) is 17.0 Å². The maximum absolute atomic E-state index is 8.23. The number of nitrogens with two attached hydrogens (primary N) is 1. The molecule has 0 aliphatic carbocycles. The number of pyridine rings is 2. The Balaban J connectivity index is 0.000000161. The van der Waals surface area contributed by atoms with Crippen molar-refractivity contribution >= 4 is 5.82 Å². The summed E-state index contributed by atoms with van der Waals surface area (Å²) in [5.74, 6) is 0.550. The van der Waals surface area contributed by atoms with Gasteiger partial charge in [0.25, 0.3) is 0 Å². The number of nitriles is 1. The van der Waals surface area contributed by atoms with E-state index in [2.05, 4.69) is 20.2 Å². The third kappa shape index (κ3) is 4.14. The van der Waals surface area contributed by atoms with Crippen molar-refractivity contribution < 1.29 is 0 Å². The third-order valence-corrected chi connectivity index (χ3v) is 2.60. The van der Waals surface area contributed by atoms with Crippen LogP contribution in [0.4, 0.5) is 5.82 Å². The van der Waals surface area contributed by atoms with Crippen LogP contribution in [0.3, 0.4) is 0 Å². The fourth-order valence-corrected chi connectivity index (χ4v) is 1.61. The van der Waals surface area contributed by atoms with Crippen molar-refractivity contribution in [2.75, 3.05) is 5.73 Å². The van der Waals surface area contributed by atoms with Crippen molar-refractivity contribution in [3.63, 3.8) is 0 Å². The summed E-state index contributed by atoms with van der Waals surface area (Å²) in [5, 5.41) is 14.7. The molecule has 0 saturated carbocycles. The van der Waals surface area contributed by atoms with Gasteiger partial charge < -0.3 is 5.73 Å². The largest absolute Gasteiger partial charge is 0.384 e. The molecular weight excluding hydrogens is 264 g/mol. The zero-order valence-electron chi connectivity index (χ0n) is 11.3. The molecule has 0 aliphatic rings. The molecule has 0 amide bonds. The summed E-state index contributed by atoms with van der Waals surface area (Å²) in [6.07, 6.45) is 5.48. The summed E-state index contributed by atoms with van der Waals surface area (Å²) in [5.41, 5.74) is 8.13. The molecule has 104 valence electrons. The van der Waals surface area contributed by atoms with E-state index >= 15 is 0 Å². The Morgan fingerprint density at radius 2 is 1.86 bits per heavy atom. The first-order chi connectivity index (χ1) is 10.3. The van der Waals surface area contributed by atoms with Crippen LogP contribution >= 0.6 is 0 Å². The zero-order chi connectivity index (χ0) is 14.9. The van der Waals surface area contributed by atoms with Crippen molar-refractivity contribution in [2.45, 2.75) is 6.42 Å². The lowest BCUT2D eigenvalue weighted by Crippen LogP contribution is -1.88. The van der Waals surface area contributed by atoms with Gasteiger partial charge in [0.15, 0.2) is 0 Å². The first kappa shape index (κ1) is 14.2. The second kappa shape index (κ2) is 7.40. The number of hydrogen-bond acceptors (Lipinski definition) is 5. The topological polar surface area (TPSA) is 104 Å². The van der Waals surface area contributed by atoms with E-state index in [-0.39, 0.29) is 0 Å². The number of hydrogen-bond donors (Lipinski definition) is 2. The summed E-state index contributed by atoms with van der Waals surface area (Å²) in [4.78, 5) is 8.09. The van der Waals surface area contributed by atoms with Crippen LogP contribution in [-0.4, -0.2) is 20.2 Å². The number of H-pyrrole nitrogens is 1. The van der Waals surface area contributed by atoms with E-state index in [1.807, 2.05) is 42.5 Å². The average Bonchev–Trinajstić information content (AvgIpc) is 2.96. The lowest BCUT2D eigenvalue weighted by atomic mass is 10.2. The molecule has 0 bridgehead atoms. The van der Waals surface area contributed by atoms with E-state index in [9.17, 15) is 0 Å². The number of aromatic nitrogens is 4. The van der Waals surface area contributed by atoms with Gasteiger partial charge >= 0.3 is 0 Å². The molecule has 0 fully saturated rings. The minimum absolute atomic E-state index is 0.404. The molecule has 0 aliphatic heterocycles. The molecule has 0 saturated heterocycles. The van der Waals surface area contributed by atoms with Gasteiger partial charge in [-0.1, -0.05) is 12.1 Å². The Morgan fingerprint density at radius 3 is 2.38 bits per heavy atom. The summed E-state index contributed by atoms with van der Waals surface area (Å²) in [6.45, 7) is 0. The Labute approximate surface area is 122 Å². The normalized spacial score (nSPS) is 9.29. The van der Waals surface area contributed by atoms with E-state index < -0.39 is 0 Å². The number of aromatic amines is 1. The van der Waals surface area contributed by atoms with E-state index in [4.69, 9.17) is 11.0 Å². The van der Waals surface area contributed by atoms with Crippen LogP contribution in [0.2, 0.25) is 0 Å². The van der Waals surface area contributed by atoms with Crippen LogP contribution in [0.1, 0.15) is 5.69 Å². The molecule has 3 aromatic rings. The first-order valence-corrected chi connectivity index (χ1v) is 6.28. The van der Waals surface area contributed by atoms with Gasteiger partial charge in [0.2, 0.25) is 0 Å². The Kier molecular flexibility index (Phi) is 5.01. The quantitative estimate of drug-likeness (QED) is 0.747. The number of anilines is 1. The van der Waals surface area contributed by atoms with Crippen LogP contribution in [0.15, 0.2) is 55.0 Å². The van der Waals surface area contributed by atoms with Gasteiger partial charge in [-0.15, -0.1) is 0 Å². The molecule has 0 radical (unpaired) electrons. The molecule has 0 unspecified atom stereocenters. The highest BCUT2D eigenvalue weighted by atomic mass is 15.1. The van der Waals surface area contributed by atoms with Crippen molar-refractivity contribution in [1.29, 1.82) is 5.26 Å². The lowest BCUT2D eigenvalue weighted by Gasteiger charge is -1.95. The van der Waals surface area contributed by atoms with Crippen molar-refractivity contribution in [3.8, 4) is 17.3 Å². The Hall–Kier alpha value is -3.20. The molecule has 0 aromatic carbocycles. The summed E-state index contributed by atoms with van der Waals surface area (Å²) >= 11 is 0. The van der Waals surface area contributed by atoms with Crippen LogP contribution in [-0.2, 0) is 6.42 Å². The molecule has 0 spiro atoms. The lowest BCUT2D eigenvalue weighted by molar-refractivity contribution is 1.10. The Bertz CT molecular complexity index is 700. The van der Waals surface area contributed by atoms with Crippen LogP contribution in [0.5, 0.6) is 0 Å². The Morgan fingerprint density at radius 1 is 1.10 bits per heavy atom. The monoisotopic (exact) mass is 278 g/mol. The van der Waals surface area contributed by atoms with Crippen molar-refractivity contribution in [3.05, 3.63) is 60.7 Å². The molecule has 3 N–H and O–H groups in total. The fourth-order valence-electron chi connectivity index (χ4n) is 1.61. The van der Waals surface area contributed by atoms with Gasteiger partial charge in [-0.05, 0) is 24.3 Å². The highest BCUT2D eigenvalue weighted by Crippen LogP contribution is 2.19. The predicted molar refractivity (Wildman–Crippen MR) is 79.8 cm³/mol. The second-order valence-electron chi connectivity index (χ2n) is 4.07. The number of rotatable bonds is 2. The van der Waals surface area contributed by atoms with Gasteiger partial charge in [0, 0.05) is 12.4 Å². The van der Waals surface area contributed by atoms with Gasteiger partial charge in [0.1, 0.15) is 5.82 Å². The predicted octanol–water partition coefficient (Wildman–Crippen LogP) is 2.20. The maximum Gasteiger partial charge on any atom is 0.128 e. The van der Waals surface area contributed by atoms with Crippen LogP contribution in [0.25, 0.3) is 11.3 Å². The van der Waals surface area contributed by atoms with Crippen molar-refractivity contribution in [1.82, 2.24) is 20.2 Å². The SMILES string of the molecule is N#CCc1ccccn1.Nc1[nH]ncc1-c1ccccn1. The number of nitrogens with one attached hydrogen (secondary N) is 1. The summed E-state index contributed by atoms with van der Waals surface area (Å²) in [7, 11) is 0. The molecule has 6 nitrogen and oxygen atoms in total. The van der Waals surface area contributed by atoms with Gasteiger partial charge in [-0.2, -0.15) is 10.4 Å². The van der Waals surface area contributed by atoms with Gasteiger partial charge in [-0.3, -0.25) is 15.1 Å². The van der Waals surface area contributed by atoms with E-state index in [1.54, 1.807) is 18.6 Å². The average molecular weight is 278 g/mol. The molecule has 6 heteroatoms. The fraction of sp³-hybridized carbons (Fsp3) is 0.0667. The smallest absolute Gasteiger partial charge is 0.128 e. The minimum Gasteiger partial charge on any atom is -0.384 e. The minimum atomic E-state index is 0.404. The van der Waals surface area contributed by atoms with E-state index in [0.29, 0.717) is 12.2 Å². The van der Waals surface area contributed by atoms with Gasteiger partial charge in [0.05, 0.1) is 35.6 Å². The molecule has 3 aromatic heterocycles. The summed E-state index contributed by atoms with van der Waals surface area (Å²) < 4.78 is 0. The summed E-state index contributed by atoms with van der Waals surface area (Å²) in [6, 6.07) is 13.2. The molecular formula is C15H14N6. The molecule has 3 heterocycles. The van der Waals surface area contributed by atoms with Crippen LogP contribution in [0, 0.1) is 11.3 Å². The molecule has 21 heavy (non-hydrogen) atoms. The van der Waals surface area contributed by atoms with Crippen molar-refractivity contribution in [2.24, 2.45) is 0 Å². The molecule has 3 rings (SSSR count). The highest BCUT2D eigenvalue weighted by molar-refractivity contribution is 5.69. The van der Waals surface area contributed by atoms with Gasteiger partial charge in [-0.25, -0.2) is 0 Å². The zero-order valence-corrected chi connectivity index (χ0v) is 11.3. The van der Waals surface area contributed by atoms with Crippen LogP contribution < -0.4 is 5.73 Å². The third-order valence-electron chi connectivity index (χ3n) is 2.60. The number of nitrogens with zero attached hydrogens (tertiary/aromatic N) is 4. The maximum atomic E-state index is 8.23.